The average molecular weight is 280 g/mol. The Labute approximate surface area is 120 Å². The number of rotatable bonds is 3. The molecule has 19 heavy (non-hydrogen) atoms. The van der Waals surface area contributed by atoms with Crippen molar-refractivity contribution in [1.29, 1.82) is 0 Å². The van der Waals surface area contributed by atoms with E-state index in [0.717, 1.165) is 17.9 Å². The fraction of sp³-hybridized carbons (Fsp3) is 0.625. The molecule has 0 amide bonds. The zero-order valence-electron chi connectivity index (χ0n) is 11.4. The molecule has 0 saturated heterocycles. The highest BCUT2D eigenvalue weighted by atomic mass is 35.5. The van der Waals surface area contributed by atoms with Crippen molar-refractivity contribution < 1.29 is 5.11 Å². The van der Waals surface area contributed by atoms with Crippen molar-refractivity contribution in [2.45, 2.75) is 38.2 Å². The highest BCUT2D eigenvalue weighted by Crippen LogP contribution is 2.62. The van der Waals surface area contributed by atoms with Crippen LogP contribution in [0.5, 0.6) is 0 Å². The Kier molecular flexibility index (Phi) is 3.16. The number of hydrogen-bond donors (Lipinski definition) is 2. The first-order valence-corrected chi connectivity index (χ1v) is 7.56. The minimum Gasteiger partial charge on any atom is -0.385 e. The van der Waals surface area contributed by atoms with E-state index in [-0.39, 0.29) is 5.41 Å². The highest BCUT2D eigenvalue weighted by molar-refractivity contribution is 6.30. The van der Waals surface area contributed by atoms with Gasteiger partial charge in [-0.2, -0.15) is 0 Å². The van der Waals surface area contributed by atoms with Crippen molar-refractivity contribution in [3.63, 3.8) is 0 Å². The summed E-state index contributed by atoms with van der Waals surface area (Å²) in [4.78, 5) is 0. The topological polar surface area (TPSA) is 46.2 Å². The molecule has 1 aromatic rings. The van der Waals surface area contributed by atoms with E-state index >= 15 is 0 Å². The number of halogens is 1. The largest absolute Gasteiger partial charge is 0.385 e. The van der Waals surface area contributed by atoms with Crippen molar-refractivity contribution in [2.24, 2.45) is 23.0 Å². The summed E-state index contributed by atoms with van der Waals surface area (Å²) in [6.07, 6.45) is 4.82. The van der Waals surface area contributed by atoms with E-state index < -0.39 is 5.60 Å². The third-order valence-electron chi connectivity index (χ3n) is 5.72. The smallest absolute Gasteiger partial charge is 0.0939 e. The van der Waals surface area contributed by atoms with Gasteiger partial charge in [-0.15, -0.1) is 0 Å². The number of nitrogens with two attached hydrogens (primary N) is 1. The van der Waals surface area contributed by atoms with Gasteiger partial charge in [-0.25, -0.2) is 0 Å². The zero-order chi connectivity index (χ0) is 13.7. The molecule has 0 aliphatic heterocycles. The second-order valence-electron chi connectivity index (χ2n) is 6.52. The lowest BCUT2D eigenvalue weighted by Gasteiger charge is -2.48. The van der Waals surface area contributed by atoms with Crippen molar-refractivity contribution >= 4 is 11.6 Å². The quantitative estimate of drug-likeness (QED) is 0.892. The van der Waals surface area contributed by atoms with Crippen LogP contribution in [0.15, 0.2) is 24.3 Å². The molecular weight excluding hydrogens is 258 g/mol. The van der Waals surface area contributed by atoms with Gasteiger partial charge in [-0.1, -0.05) is 30.2 Å². The lowest BCUT2D eigenvalue weighted by atomic mass is 9.60. The molecule has 0 aromatic heterocycles. The number of fused-ring (bicyclic) bond motifs is 2. The van der Waals surface area contributed by atoms with E-state index in [0.29, 0.717) is 17.5 Å². The van der Waals surface area contributed by atoms with Crippen LogP contribution in [-0.2, 0) is 5.60 Å². The van der Waals surface area contributed by atoms with Gasteiger partial charge in [-0.05, 0) is 55.7 Å². The molecule has 2 nitrogen and oxygen atoms in total. The SMILES string of the molecule is CC(O)(c1ccc(Cl)cc1)C1(CN)CC2CCC1C2. The molecule has 2 fully saturated rings. The summed E-state index contributed by atoms with van der Waals surface area (Å²) in [7, 11) is 0. The second-order valence-corrected chi connectivity index (χ2v) is 6.96. The van der Waals surface area contributed by atoms with Gasteiger partial charge in [0.25, 0.3) is 0 Å². The van der Waals surface area contributed by atoms with Crippen LogP contribution in [0.25, 0.3) is 0 Å². The Morgan fingerprint density at radius 1 is 1.37 bits per heavy atom. The Balaban J connectivity index is 2.00. The standard InChI is InChI=1S/C16H22ClNO/c1-15(19,12-4-6-14(17)7-5-12)16(10-18)9-11-2-3-13(16)8-11/h4-7,11,13,19H,2-3,8-10,18H2,1H3. The van der Waals surface area contributed by atoms with Crippen LogP contribution in [0.4, 0.5) is 0 Å². The fourth-order valence-corrected chi connectivity index (χ4v) is 4.68. The van der Waals surface area contributed by atoms with E-state index in [2.05, 4.69) is 0 Å². The molecule has 2 aliphatic rings. The van der Waals surface area contributed by atoms with Crippen LogP contribution in [0.1, 0.15) is 38.2 Å². The van der Waals surface area contributed by atoms with E-state index in [1.807, 2.05) is 31.2 Å². The predicted molar refractivity (Wildman–Crippen MR) is 78.0 cm³/mol. The third-order valence-corrected chi connectivity index (χ3v) is 5.97. The summed E-state index contributed by atoms with van der Waals surface area (Å²) in [5, 5.41) is 11.9. The van der Waals surface area contributed by atoms with Gasteiger partial charge >= 0.3 is 0 Å². The molecule has 104 valence electrons. The van der Waals surface area contributed by atoms with Crippen LogP contribution >= 0.6 is 11.6 Å². The lowest BCUT2D eigenvalue weighted by molar-refractivity contribution is -0.103. The first-order valence-electron chi connectivity index (χ1n) is 7.18. The first-order chi connectivity index (χ1) is 8.99. The van der Waals surface area contributed by atoms with Crippen LogP contribution in [0, 0.1) is 17.3 Å². The maximum absolute atomic E-state index is 11.2. The van der Waals surface area contributed by atoms with Crippen LogP contribution in [0.2, 0.25) is 5.02 Å². The van der Waals surface area contributed by atoms with E-state index in [1.54, 1.807) is 0 Å². The highest BCUT2D eigenvalue weighted by Gasteiger charge is 2.59. The first kappa shape index (κ1) is 13.4. The summed E-state index contributed by atoms with van der Waals surface area (Å²) < 4.78 is 0. The number of hydrogen-bond acceptors (Lipinski definition) is 2. The van der Waals surface area contributed by atoms with Gasteiger partial charge in [0, 0.05) is 17.0 Å². The molecule has 0 radical (unpaired) electrons. The van der Waals surface area contributed by atoms with Crippen molar-refractivity contribution in [3.05, 3.63) is 34.9 Å². The van der Waals surface area contributed by atoms with Crippen molar-refractivity contribution in [2.75, 3.05) is 6.54 Å². The summed E-state index contributed by atoms with van der Waals surface area (Å²) in [6.45, 7) is 2.49. The monoisotopic (exact) mass is 279 g/mol. The van der Waals surface area contributed by atoms with Gasteiger partial charge in [0.05, 0.1) is 5.60 Å². The van der Waals surface area contributed by atoms with Gasteiger partial charge in [0.15, 0.2) is 0 Å². The molecule has 4 atom stereocenters. The van der Waals surface area contributed by atoms with Crippen LogP contribution < -0.4 is 5.73 Å². The maximum atomic E-state index is 11.2. The fourth-order valence-electron chi connectivity index (χ4n) is 4.55. The second kappa shape index (κ2) is 4.47. The van der Waals surface area contributed by atoms with Gasteiger partial charge in [-0.3, -0.25) is 0 Å². The Bertz CT molecular complexity index is 470. The van der Waals surface area contributed by atoms with Crippen molar-refractivity contribution in [1.82, 2.24) is 0 Å². The predicted octanol–water partition coefficient (Wildman–Crippen LogP) is 3.31. The van der Waals surface area contributed by atoms with Gasteiger partial charge < -0.3 is 10.8 Å². The number of aliphatic hydroxyl groups is 1. The molecule has 3 rings (SSSR count). The minimum atomic E-state index is -0.869. The zero-order valence-corrected chi connectivity index (χ0v) is 12.2. The Hall–Kier alpha value is -0.570. The molecule has 4 unspecified atom stereocenters. The van der Waals surface area contributed by atoms with E-state index in [9.17, 15) is 5.11 Å². The van der Waals surface area contributed by atoms with E-state index in [1.165, 1.54) is 19.3 Å². The van der Waals surface area contributed by atoms with Crippen molar-refractivity contribution in [3.8, 4) is 0 Å². The molecule has 2 bridgehead atoms. The third kappa shape index (κ3) is 1.84. The molecule has 0 heterocycles. The molecule has 2 aliphatic carbocycles. The summed E-state index contributed by atoms with van der Waals surface area (Å²) >= 11 is 5.95. The molecule has 2 saturated carbocycles. The lowest BCUT2D eigenvalue weighted by Crippen LogP contribution is -2.51. The van der Waals surface area contributed by atoms with Crippen LogP contribution in [-0.4, -0.2) is 11.7 Å². The maximum Gasteiger partial charge on any atom is 0.0939 e. The van der Waals surface area contributed by atoms with E-state index in [4.69, 9.17) is 17.3 Å². The summed E-state index contributed by atoms with van der Waals surface area (Å²) in [5.41, 5.74) is 6.03. The average Bonchev–Trinajstić information content (AvgIpc) is 3.00. The van der Waals surface area contributed by atoms with Gasteiger partial charge in [0.2, 0.25) is 0 Å². The Morgan fingerprint density at radius 2 is 2.05 bits per heavy atom. The summed E-state index contributed by atoms with van der Waals surface area (Å²) in [5.74, 6) is 1.32. The molecular formula is C16H22ClNO. The molecule has 3 heteroatoms. The molecule has 1 aromatic carbocycles. The minimum absolute atomic E-state index is 0.163. The van der Waals surface area contributed by atoms with Crippen LogP contribution in [0.3, 0.4) is 0 Å². The normalized spacial score (nSPS) is 36.4. The molecule has 3 N–H and O–H groups in total. The van der Waals surface area contributed by atoms with Gasteiger partial charge in [0.1, 0.15) is 0 Å². The summed E-state index contributed by atoms with van der Waals surface area (Å²) in [6, 6.07) is 7.57. The molecule has 0 spiro atoms. The Morgan fingerprint density at radius 3 is 2.53 bits per heavy atom. The number of benzene rings is 1.